The molecule has 1 unspecified atom stereocenters. The van der Waals surface area contributed by atoms with Crippen LogP contribution in [0.2, 0.25) is 0 Å². The average Bonchev–Trinajstić information content (AvgIpc) is 3.34. The molecular formula is C20H28FN5O. The molecule has 1 atom stereocenters. The van der Waals surface area contributed by atoms with E-state index in [1.165, 1.54) is 18.9 Å². The molecule has 3 rings (SSSR count). The lowest BCUT2D eigenvalue weighted by atomic mass is 10.1. The van der Waals surface area contributed by atoms with Crippen molar-refractivity contribution in [3.63, 3.8) is 0 Å². The van der Waals surface area contributed by atoms with Gasteiger partial charge in [0, 0.05) is 18.9 Å². The highest BCUT2D eigenvalue weighted by Crippen LogP contribution is 2.30. The van der Waals surface area contributed by atoms with Crippen LogP contribution >= 0.6 is 0 Å². The van der Waals surface area contributed by atoms with Gasteiger partial charge in [0.1, 0.15) is 0 Å². The van der Waals surface area contributed by atoms with Crippen molar-refractivity contribution in [3.05, 3.63) is 48.0 Å². The molecule has 146 valence electrons. The molecular weight excluding hydrogens is 345 g/mol. The second-order valence-corrected chi connectivity index (χ2v) is 6.84. The fourth-order valence-electron chi connectivity index (χ4n) is 2.70. The summed E-state index contributed by atoms with van der Waals surface area (Å²) < 4.78 is 21.7. The topological polar surface area (TPSA) is 63.5 Å². The molecule has 1 aromatic carbocycles. The fourth-order valence-corrected chi connectivity index (χ4v) is 2.70. The summed E-state index contributed by atoms with van der Waals surface area (Å²) >= 11 is 0. The van der Waals surface area contributed by atoms with Crippen LogP contribution in [0.15, 0.2) is 41.7 Å². The van der Waals surface area contributed by atoms with Crippen LogP contribution in [0.5, 0.6) is 5.75 Å². The van der Waals surface area contributed by atoms with E-state index in [4.69, 9.17) is 4.74 Å². The molecule has 0 radical (unpaired) electrons. The maximum absolute atomic E-state index is 14.3. The van der Waals surface area contributed by atoms with Gasteiger partial charge in [0.05, 0.1) is 25.7 Å². The predicted molar refractivity (Wildman–Crippen MR) is 104 cm³/mol. The molecule has 1 heterocycles. The van der Waals surface area contributed by atoms with Crippen molar-refractivity contribution in [2.45, 2.75) is 39.3 Å². The Labute approximate surface area is 159 Å². The van der Waals surface area contributed by atoms with Crippen LogP contribution in [-0.2, 0) is 6.54 Å². The number of guanidine groups is 1. The van der Waals surface area contributed by atoms with Gasteiger partial charge in [-0.25, -0.2) is 4.39 Å². The largest absolute Gasteiger partial charge is 0.490 e. The van der Waals surface area contributed by atoms with E-state index in [1.54, 1.807) is 12.3 Å². The molecule has 1 saturated carbocycles. The lowest BCUT2D eigenvalue weighted by Gasteiger charge is -2.19. The summed E-state index contributed by atoms with van der Waals surface area (Å²) in [7, 11) is 0. The van der Waals surface area contributed by atoms with Crippen molar-refractivity contribution >= 4 is 5.96 Å². The van der Waals surface area contributed by atoms with Gasteiger partial charge in [-0.1, -0.05) is 6.07 Å². The number of aromatic nitrogens is 2. The number of ether oxygens (including phenoxy) is 1. The van der Waals surface area contributed by atoms with Gasteiger partial charge >= 0.3 is 0 Å². The Bertz CT molecular complexity index is 743. The van der Waals surface area contributed by atoms with Gasteiger partial charge in [-0.3, -0.25) is 9.67 Å². The summed E-state index contributed by atoms with van der Waals surface area (Å²) in [6.45, 7) is 6.67. The standard InChI is InChI=1S/C20H28FN5O/c1-3-22-20(23-10-12-26-11-4-9-24-26)25-15(2)17-7-8-19(18(21)13-17)27-14-16-5-6-16/h4,7-9,11,13,15-16H,3,5-6,10,12,14H2,1-2H3,(H2,22,23,25). The molecule has 7 heteroatoms. The molecule has 0 aliphatic heterocycles. The zero-order valence-corrected chi connectivity index (χ0v) is 16.0. The van der Waals surface area contributed by atoms with Crippen molar-refractivity contribution in [3.8, 4) is 5.75 Å². The third-order valence-corrected chi connectivity index (χ3v) is 4.48. The van der Waals surface area contributed by atoms with Crippen molar-refractivity contribution in [2.75, 3.05) is 19.7 Å². The zero-order valence-electron chi connectivity index (χ0n) is 16.0. The lowest BCUT2D eigenvalue weighted by molar-refractivity contribution is 0.285. The SMILES string of the molecule is CCNC(=NCCn1cccn1)NC(C)c1ccc(OCC2CC2)c(F)c1. The zero-order chi connectivity index (χ0) is 19.1. The highest BCUT2D eigenvalue weighted by Gasteiger charge is 2.22. The Morgan fingerprint density at radius 1 is 1.44 bits per heavy atom. The number of aliphatic imine (C=N–C) groups is 1. The van der Waals surface area contributed by atoms with Crippen molar-refractivity contribution in [1.82, 2.24) is 20.4 Å². The minimum absolute atomic E-state index is 0.0838. The summed E-state index contributed by atoms with van der Waals surface area (Å²) in [5.41, 5.74) is 0.851. The van der Waals surface area contributed by atoms with Crippen LogP contribution in [0.25, 0.3) is 0 Å². The van der Waals surface area contributed by atoms with Crippen molar-refractivity contribution in [1.29, 1.82) is 0 Å². The summed E-state index contributed by atoms with van der Waals surface area (Å²) in [5, 5.41) is 10.7. The summed E-state index contributed by atoms with van der Waals surface area (Å²) in [6, 6.07) is 6.96. The first-order chi connectivity index (χ1) is 13.2. The van der Waals surface area contributed by atoms with Crippen molar-refractivity contribution in [2.24, 2.45) is 10.9 Å². The first-order valence-corrected chi connectivity index (χ1v) is 9.60. The Morgan fingerprint density at radius 3 is 2.96 bits per heavy atom. The quantitative estimate of drug-likeness (QED) is 0.524. The summed E-state index contributed by atoms with van der Waals surface area (Å²) in [5.74, 6) is 1.32. The average molecular weight is 373 g/mol. The van der Waals surface area contributed by atoms with Gasteiger partial charge in [-0.05, 0) is 56.4 Å². The van der Waals surface area contributed by atoms with E-state index in [9.17, 15) is 4.39 Å². The molecule has 1 aliphatic rings. The molecule has 1 aliphatic carbocycles. The number of nitrogens with one attached hydrogen (secondary N) is 2. The second kappa shape index (κ2) is 9.39. The molecule has 2 aromatic rings. The van der Waals surface area contributed by atoms with Gasteiger partial charge in [0.2, 0.25) is 0 Å². The molecule has 6 nitrogen and oxygen atoms in total. The molecule has 0 amide bonds. The molecule has 2 N–H and O–H groups in total. The highest BCUT2D eigenvalue weighted by molar-refractivity contribution is 5.80. The number of halogens is 1. The molecule has 1 fully saturated rings. The Hall–Kier alpha value is -2.57. The van der Waals surface area contributed by atoms with Crippen LogP contribution in [0.4, 0.5) is 4.39 Å². The van der Waals surface area contributed by atoms with Gasteiger partial charge in [-0.2, -0.15) is 5.10 Å². The van der Waals surface area contributed by atoms with Gasteiger partial charge < -0.3 is 15.4 Å². The maximum Gasteiger partial charge on any atom is 0.191 e. The number of nitrogens with zero attached hydrogens (tertiary/aromatic N) is 3. The third kappa shape index (κ3) is 5.98. The normalized spacial score (nSPS) is 15.4. The smallest absolute Gasteiger partial charge is 0.191 e. The number of hydrogen-bond acceptors (Lipinski definition) is 3. The summed E-state index contributed by atoms with van der Waals surface area (Å²) in [6.07, 6.45) is 6.04. The van der Waals surface area contributed by atoms with E-state index in [0.717, 1.165) is 12.1 Å². The molecule has 0 bridgehead atoms. The van der Waals surface area contributed by atoms with Crippen molar-refractivity contribution < 1.29 is 9.13 Å². The van der Waals surface area contributed by atoms with E-state index in [-0.39, 0.29) is 11.9 Å². The first-order valence-electron chi connectivity index (χ1n) is 9.60. The molecule has 27 heavy (non-hydrogen) atoms. The minimum Gasteiger partial charge on any atom is -0.490 e. The monoisotopic (exact) mass is 373 g/mol. The number of rotatable bonds is 9. The predicted octanol–water partition coefficient (Wildman–Crippen LogP) is 3.13. The number of hydrogen-bond donors (Lipinski definition) is 2. The molecule has 0 spiro atoms. The summed E-state index contributed by atoms with van der Waals surface area (Å²) in [4.78, 5) is 4.56. The van der Waals surface area contributed by atoms with E-state index < -0.39 is 0 Å². The molecule has 0 saturated heterocycles. The maximum atomic E-state index is 14.3. The number of benzene rings is 1. The Balaban J connectivity index is 1.56. The van der Waals surface area contributed by atoms with E-state index in [1.807, 2.05) is 36.9 Å². The van der Waals surface area contributed by atoms with Crippen LogP contribution < -0.4 is 15.4 Å². The van der Waals surface area contributed by atoms with Crippen LogP contribution in [0, 0.1) is 11.7 Å². The Morgan fingerprint density at radius 2 is 2.30 bits per heavy atom. The van der Waals surface area contributed by atoms with Crippen LogP contribution in [0.1, 0.15) is 38.3 Å². The fraction of sp³-hybridized carbons (Fsp3) is 0.500. The van der Waals surface area contributed by atoms with Crippen LogP contribution in [0.3, 0.4) is 0 Å². The van der Waals surface area contributed by atoms with E-state index in [0.29, 0.717) is 37.3 Å². The van der Waals surface area contributed by atoms with Gasteiger partial charge in [0.15, 0.2) is 17.5 Å². The second-order valence-electron chi connectivity index (χ2n) is 6.84. The van der Waals surface area contributed by atoms with E-state index in [2.05, 4.69) is 20.7 Å². The molecule has 1 aromatic heterocycles. The first kappa shape index (κ1) is 19.2. The lowest BCUT2D eigenvalue weighted by Crippen LogP contribution is -2.39. The van der Waals surface area contributed by atoms with E-state index >= 15 is 0 Å². The highest BCUT2D eigenvalue weighted by atomic mass is 19.1. The van der Waals surface area contributed by atoms with Crippen LogP contribution in [-0.4, -0.2) is 35.4 Å². The minimum atomic E-state index is -0.317. The Kier molecular flexibility index (Phi) is 6.68. The van der Waals surface area contributed by atoms with Gasteiger partial charge in [-0.15, -0.1) is 0 Å². The van der Waals surface area contributed by atoms with Gasteiger partial charge in [0.25, 0.3) is 0 Å². The third-order valence-electron chi connectivity index (χ3n) is 4.48.